The van der Waals surface area contributed by atoms with E-state index in [-0.39, 0.29) is 24.8 Å². The second-order valence-electron chi connectivity index (χ2n) is 6.06. The van der Waals surface area contributed by atoms with Gasteiger partial charge in [0.15, 0.2) is 0 Å². The van der Waals surface area contributed by atoms with E-state index in [1.807, 2.05) is 30.3 Å². The Morgan fingerprint density at radius 1 is 1.21 bits per heavy atom. The van der Waals surface area contributed by atoms with Crippen molar-refractivity contribution in [1.82, 2.24) is 10.2 Å². The molecule has 0 saturated carbocycles. The maximum absolute atomic E-state index is 12.3. The minimum atomic E-state index is -0.457. The Morgan fingerprint density at radius 2 is 1.90 bits per heavy atom. The van der Waals surface area contributed by atoms with Gasteiger partial charge in [0, 0.05) is 12.1 Å². The van der Waals surface area contributed by atoms with Crippen molar-refractivity contribution >= 4 is 63.2 Å². The molecule has 0 atom stereocenters. The zero-order valence-corrected chi connectivity index (χ0v) is 19.4. The molecule has 29 heavy (non-hydrogen) atoms. The zero-order chi connectivity index (χ0) is 21.0. The van der Waals surface area contributed by atoms with Crippen LogP contribution in [0.1, 0.15) is 16.7 Å². The molecule has 146 valence electrons. The third-order valence-corrected chi connectivity index (χ3v) is 5.72. The number of benzene rings is 2. The first-order chi connectivity index (χ1) is 13.9. The van der Waals surface area contributed by atoms with Gasteiger partial charge >= 0.3 is 6.03 Å². The molecule has 1 aliphatic rings. The van der Waals surface area contributed by atoms with Crippen molar-refractivity contribution in [1.29, 1.82) is 5.26 Å². The van der Waals surface area contributed by atoms with Crippen molar-refractivity contribution in [2.75, 3.05) is 6.54 Å². The van der Waals surface area contributed by atoms with E-state index in [1.165, 1.54) is 6.08 Å². The molecule has 2 aromatic carbocycles. The number of carbonyl (C=O) groups excluding carboxylic acids is 2. The lowest BCUT2D eigenvalue weighted by Crippen LogP contribution is -2.30. The van der Waals surface area contributed by atoms with Crippen LogP contribution in [0.3, 0.4) is 0 Å². The quantitative estimate of drug-likeness (QED) is 0.227. The molecule has 0 radical (unpaired) electrons. The second-order valence-corrected chi connectivity index (χ2v) is 8.39. The molecule has 0 bridgehead atoms. The van der Waals surface area contributed by atoms with E-state index in [9.17, 15) is 14.9 Å². The van der Waals surface area contributed by atoms with Crippen molar-refractivity contribution in [3.8, 4) is 11.8 Å². The molecular weight excluding hydrogens is 596 g/mol. The number of nitrogens with zero attached hydrogens (tertiary/aromatic N) is 2. The van der Waals surface area contributed by atoms with Gasteiger partial charge in [-0.15, -0.1) is 6.58 Å². The lowest BCUT2D eigenvalue weighted by atomic mass is 10.1. The Balaban J connectivity index is 1.81. The molecule has 2 aromatic rings. The molecule has 1 aliphatic heterocycles. The third kappa shape index (κ3) is 4.79. The van der Waals surface area contributed by atoms with Crippen LogP contribution >= 0.6 is 45.2 Å². The van der Waals surface area contributed by atoms with Crippen LogP contribution in [0.5, 0.6) is 5.75 Å². The maximum atomic E-state index is 12.3. The van der Waals surface area contributed by atoms with Gasteiger partial charge in [-0.05, 0) is 75.0 Å². The Bertz CT molecular complexity index is 1050. The highest BCUT2D eigenvalue weighted by atomic mass is 127. The number of halogens is 2. The third-order valence-electron chi connectivity index (χ3n) is 4.12. The summed E-state index contributed by atoms with van der Waals surface area (Å²) in [7, 11) is 0. The van der Waals surface area contributed by atoms with Crippen molar-refractivity contribution in [3.63, 3.8) is 0 Å². The van der Waals surface area contributed by atoms with Crippen molar-refractivity contribution in [2.24, 2.45) is 0 Å². The first-order valence-corrected chi connectivity index (χ1v) is 10.7. The van der Waals surface area contributed by atoms with E-state index >= 15 is 0 Å². The normalized spacial score (nSPS) is 14.7. The second kappa shape index (κ2) is 9.41. The van der Waals surface area contributed by atoms with Gasteiger partial charge in [0.25, 0.3) is 5.91 Å². The standard InChI is InChI=1S/C21H15I2N3O3/c1-2-7-26-20(27)18(25-21(26)28)10-13-8-16(22)19(17(23)9-13)29-12-15-6-4-3-5-14(15)11-24/h2-6,8-10H,1,7,12H2,(H,25,28)/b18-10+. The van der Waals surface area contributed by atoms with Gasteiger partial charge < -0.3 is 10.1 Å². The summed E-state index contributed by atoms with van der Waals surface area (Å²) in [6, 6.07) is 12.8. The van der Waals surface area contributed by atoms with Gasteiger partial charge in [-0.3, -0.25) is 9.69 Å². The first-order valence-electron chi connectivity index (χ1n) is 8.50. The number of rotatable bonds is 6. The number of ether oxygens (including phenoxy) is 1. The molecule has 1 N–H and O–H groups in total. The van der Waals surface area contributed by atoms with Crippen LogP contribution < -0.4 is 10.1 Å². The van der Waals surface area contributed by atoms with E-state index in [0.29, 0.717) is 11.3 Å². The summed E-state index contributed by atoms with van der Waals surface area (Å²) < 4.78 is 7.68. The molecule has 6 nitrogen and oxygen atoms in total. The number of amides is 3. The van der Waals surface area contributed by atoms with Crippen LogP contribution in [0.25, 0.3) is 6.08 Å². The molecule has 0 unspecified atom stereocenters. The topological polar surface area (TPSA) is 82.4 Å². The summed E-state index contributed by atoms with van der Waals surface area (Å²) in [4.78, 5) is 25.3. The molecule has 1 heterocycles. The Labute approximate surface area is 195 Å². The van der Waals surface area contributed by atoms with Crippen LogP contribution in [-0.4, -0.2) is 23.4 Å². The van der Waals surface area contributed by atoms with Crippen LogP contribution in [0.15, 0.2) is 54.8 Å². The number of nitrogens with one attached hydrogen (secondary N) is 1. The number of hydrogen-bond acceptors (Lipinski definition) is 4. The molecule has 3 rings (SSSR count). The lowest BCUT2D eigenvalue weighted by Gasteiger charge is -2.12. The van der Waals surface area contributed by atoms with Gasteiger partial charge in [0.1, 0.15) is 18.1 Å². The fourth-order valence-corrected chi connectivity index (χ4v) is 4.87. The van der Waals surface area contributed by atoms with Crippen LogP contribution in [0, 0.1) is 18.5 Å². The van der Waals surface area contributed by atoms with Crippen molar-refractivity contribution in [2.45, 2.75) is 6.61 Å². The Kier molecular flexibility index (Phi) is 6.92. The number of nitriles is 1. The number of hydrogen-bond donors (Lipinski definition) is 1. The van der Waals surface area contributed by atoms with E-state index in [4.69, 9.17) is 4.74 Å². The summed E-state index contributed by atoms with van der Waals surface area (Å²) in [5.74, 6) is 0.324. The highest BCUT2D eigenvalue weighted by molar-refractivity contribution is 14.1. The highest BCUT2D eigenvalue weighted by Crippen LogP contribution is 2.31. The largest absolute Gasteiger partial charge is 0.487 e. The number of carbonyl (C=O) groups is 2. The Morgan fingerprint density at radius 3 is 2.55 bits per heavy atom. The van der Waals surface area contributed by atoms with Crippen LogP contribution in [0.4, 0.5) is 4.79 Å². The smallest absolute Gasteiger partial charge is 0.329 e. The Hall–Kier alpha value is -2.39. The van der Waals surface area contributed by atoms with Gasteiger partial charge in [-0.2, -0.15) is 5.26 Å². The molecule has 0 aliphatic carbocycles. The first kappa shape index (κ1) is 21.3. The predicted octanol–water partition coefficient (Wildman–Crippen LogP) is 4.43. The van der Waals surface area contributed by atoms with Gasteiger partial charge in [-0.1, -0.05) is 24.3 Å². The monoisotopic (exact) mass is 611 g/mol. The fraction of sp³-hybridized carbons (Fsp3) is 0.0952. The average Bonchev–Trinajstić information content (AvgIpc) is 2.95. The van der Waals surface area contributed by atoms with E-state index < -0.39 is 6.03 Å². The molecule has 8 heteroatoms. The summed E-state index contributed by atoms with van der Waals surface area (Å²) in [5, 5.41) is 11.8. The van der Waals surface area contributed by atoms with Gasteiger partial charge in [-0.25, -0.2) is 4.79 Å². The van der Waals surface area contributed by atoms with Crippen LogP contribution in [-0.2, 0) is 11.4 Å². The van der Waals surface area contributed by atoms with E-state index in [0.717, 1.165) is 23.2 Å². The van der Waals surface area contributed by atoms with Gasteiger partial charge in [0.2, 0.25) is 0 Å². The summed E-state index contributed by atoms with van der Waals surface area (Å²) in [5.41, 5.74) is 2.39. The maximum Gasteiger partial charge on any atom is 0.329 e. The summed E-state index contributed by atoms with van der Waals surface area (Å²) in [6.45, 7) is 4.00. The van der Waals surface area contributed by atoms with E-state index in [1.54, 1.807) is 12.1 Å². The van der Waals surface area contributed by atoms with Crippen molar-refractivity contribution < 1.29 is 14.3 Å². The fourth-order valence-electron chi connectivity index (χ4n) is 2.74. The van der Waals surface area contributed by atoms with Crippen molar-refractivity contribution in [3.05, 3.63) is 78.6 Å². The number of urea groups is 1. The lowest BCUT2D eigenvalue weighted by molar-refractivity contribution is -0.122. The molecule has 3 amide bonds. The number of imide groups is 1. The van der Waals surface area contributed by atoms with E-state index in [2.05, 4.69) is 63.1 Å². The minimum absolute atomic E-state index is 0.161. The van der Waals surface area contributed by atoms with Gasteiger partial charge in [0.05, 0.1) is 18.8 Å². The predicted molar refractivity (Wildman–Crippen MR) is 126 cm³/mol. The minimum Gasteiger partial charge on any atom is -0.487 e. The summed E-state index contributed by atoms with van der Waals surface area (Å²) >= 11 is 4.33. The molecule has 1 fully saturated rings. The molecule has 0 aromatic heterocycles. The molecule has 1 saturated heterocycles. The highest BCUT2D eigenvalue weighted by Gasteiger charge is 2.32. The summed E-state index contributed by atoms with van der Waals surface area (Å²) in [6.07, 6.45) is 3.14. The molecular formula is C21H15I2N3O3. The average molecular weight is 611 g/mol. The zero-order valence-electron chi connectivity index (χ0n) is 15.1. The molecule has 0 spiro atoms. The SMILES string of the molecule is C=CCN1C(=O)N/C(=C/c2cc(I)c(OCc3ccccc3C#N)c(I)c2)C1=O. The van der Waals surface area contributed by atoms with Crippen LogP contribution in [0.2, 0.25) is 0 Å².